The number of carbonyl (C=O) groups is 2. The first kappa shape index (κ1) is 22.6. The van der Waals surface area contributed by atoms with E-state index in [1.54, 1.807) is 23.1 Å². The molecule has 2 aromatic rings. The number of halogens is 1. The molecule has 6 nitrogen and oxygen atoms in total. The lowest BCUT2D eigenvalue weighted by Crippen LogP contribution is -2.34. The number of carbonyl (C=O) groups excluding carboxylic acids is 2. The third-order valence-corrected chi connectivity index (χ3v) is 4.58. The van der Waals surface area contributed by atoms with Crippen molar-refractivity contribution in [3.05, 3.63) is 53.1 Å². The number of rotatable bonds is 10. The van der Waals surface area contributed by atoms with E-state index in [-0.39, 0.29) is 24.8 Å². The monoisotopic (exact) mass is 418 g/mol. The maximum absolute atomic E-state index is 12.3. The maximum Gasteiger partial charge on any atom is 0.260 e. The van der Waals surface area contributed by atoms with Crippen LogP contribution in [-0.2, 0) is 16.0 Å². The molecule has 2 rings (SSSR count). The second-order valence-electron chi connectivity index (χ2n) is 6.30. The summed E-state index contributed by atoms with van der Waals surface area (Å²) in [6.07, 6.45) is 0.237. The summed E-state index contributed by atoms with van der Waals surface area (Å²) in [5, 5.41) is 3.14. The second kappa shape index (κ2) is 11.3. The van der Waals surface area contributed by atoms with Crippen molar-refractivity contribution in [1.29, 1.82) is 0 Å². The molecule has 0 saturated heterocycles. The molecule has 2 amide bonds. The standard InChI is InChI=1S/C22H27ClN2O4/c1-4-25(5-2)22(27)15-29-20-12-9-17(14-19(20)23)24-21(26)13-16-7-10-18(11-8-16)28-6-3/h7-12,14H,4-6,13,15H2,1-3H3,(H,24,26). The lowest BCUT2D eigenvalue weighted by molar-refractivity contribution is -0.133. The number of likely N-dealkylation sites (N-methyl/N-ethyl adjacent to an activating group) is 1. The van der Waals surface area contributed by atoms with Gasteiger partial charge in [0.25, 0.3) is 5.91 Å². The van der Waals surface area contributed by atoms with Crippen LogP contribution in [0.25, 0.3) is 0 Å². The van der Waals surface area contributed by atoms with Gasteiger partial charge in [-0.25, -0.2) is 0 Å². The highest BCUT2D eigenvalue weighted by Gasteiger charge is 2.12. The number of benzene rings is 2. The highest BCUT2D eigenvalue weighted by atomic mass is 35.5. The van der Waals surface area contributed by atoms with Gasteiger partial charge in [0.1, 0.15) is 11.5 Å². The predicted molar refractivity (Wildman–Crippen MR) is 115 cm³/mol. The molecule has 1 N–H and O–H groups in total. The fourth-order valence-electron chi connectivity index (χ4n) is 2.76. The van der Waals surface area contributed by atoms with Gasteiger partial charge in [-0.05, 0) is 56.7 Å². The van der Waals surface area contributed by atoms with Crippen molar-refractivity contribution in [3.8, 4) is 11.5 Å². The third kappa shape index (κ3) is 6.98. The quantitative estimate of drug-likeness (QED) is 0.628. The number of nitrogens with one attached hydrogen (secondary N) is 1. The Morgan fingerprint density at radius 2 is 1.69 bits per heavy atom. The summed E-state index contributed by atoms with van der Waals surface area (Å²) < 4.78 is 10.9. The Balaban J connectivity index is 1.90. The Morgan fingerprint density at radius 3 is 2.28 bits per heavy atom. The summed E-state index contributed by atoms with van der Waals surface area (Å²) in [6, 6.07) is 12.4. The smallest absolute Gasteiger partial charge is 0.260 e. The van der Waals surface area contributed by atoms with Gasteiger partial charge in [0.15, 0.2) is 6.61 Å². The Labute approximate surface area is 176 Å². The van der Waals surface area contributed by atoms with E-state index in [0.29, 0.717) is 36.2 Å². The summed E-state index contributed by atoms with van der Waals surface area (Å²) in [7, 11) is 0. The Hall–Kier alpha value is -2.73. The molecule has 0 atom stereocenters. The largest absolute Gasteiger partial charge is 0.494 e. The van der Waals surface area contributed by atoms with E-state index in [1.807, 2.05) is 45.0 Å². The Kier molecular flexibility index (Phi) is 8.80. The van der Waals surface area contributed by atoms with E-state index < -0.39 is 0 Å². The molecule has 0 aliphatic rings. The molecule has 0 heterocycles. The molecule has 2 aromatic carbocycles. The van der Waals surface area contributed by atoms with Crippen LogP contribution in [0.15, 0.2) is 42.5 Å². The fraction of sp³-hybridized carbons (Fsp3) is 0.364. The van der Waals surface area contributed by atoms with Crippen molar-refractivity contribution in [2.45, 2.75) is 27.2 Å². The molecule has 0 bridgehead atoms. The maximum atomic E-state index is 12.3. The molecule has 0 fully saturated rings. The molecular weight excluding hydrogens is 392 g/mol. The van der Waals surface area contributed by atoms with E-state index in [0.717, 1.165) is 11.3 Å². The average Bonchev–Trinajstić information content (AvgIpc) is 2.70. The molecule has 0 spiro atoms. The van der Waals surface area contributed by atoms with Crippen LogP contribution in [-0.4, -0.2) is 43.0 Å². The first-order valence-corrected chi connectivity index (χ1v) is 10.1. The topological polar surface area (TPSA) is 67.9 Å². The van der Waals surface area contributed by atoms with Gasteiger partial charge in [-0.15, -0.1) is 0 Å². The van der Waals surface area contributed by atoms with Crippen LogP contribution in [0.4, 0.5) is 5.69 Å². The molecule has 0 saturated carbocycles. The molecule has 156 valence electrons. The lowest BCUT2D eigenvalue weighted by Gasteiger charge is -2.19. The summed E-state index contributed by atoms with van der Waals surface area (Å²) in [5.41, 5.74) is 1.44. The normalized spacial score (nSPS) is 10.3. The molecule has 29 heavy (non-hydrogen) atoms. The summed E-state index contributed by atoms with van der Waals surface area (Å²) >= 11 is 6.24. The van der Waals surface area contributed by atoms with Gasteiger partial charge in [0.05, 0.1) is 18.1 Å². The fourth-order valence-corrected chi connectivity index (χ4v) is 3.00. The molecule has 0 unspecified atom stereocenters. The number of hydrogen-bond donors (Lipinski definition) is 1. The zero-order valence-corrected chi connectivity index (χ0v) is 17.8. The third-order valence-electron chi connectivity index (χ3n) is 4.28. The molecule has 7 heteroatoms. The van der Waals surface area contributed by atoms with Gasteiger partial charge >= 0.3 is 0 Å². The van der Waals surface area contributed by atoms with E-state index in [4.69, 9.17) is 21.1 Å². The van der Waals surface area contributed by atoms with Crippen molar-refractivity contribution < 1.29 is 19.1 Å². The van der Waals surface area contributed by atoms with E-state index in [2.05, 4.69) is 5.32 Å². The number of ether oxygens (including phenoxy) is 2. The van der Waals surface area contributed by atoms with Crippen molar-refractivity contribution in [2.24, 2.45) is 0 Å². The Morgan fingerprint density at radius 1 is 1.00 bits per heavy atom. The van der Waals surface area contributed by atoms with Crippen molar-refractivity contribution in [2.75, 3.05) is 31.6 Å². The number of anilines is 1. The van der Waals surface area contributed by atoms with E-state index >= 15 is 0 Å². The SMILES string of the molecule is CCOc1ccc(CC(=O)Nc2ccc(OCC(=O)N(CC)CC)c(Cl)c2)cc1. The lowest BCUT2D eigenvalue weighted by atomic mass is 10.1. The van der Waals surface area contributed by atoms with Crippen LogP contribution in [0.5, 0.6) is 11.5 Å². The molecular formula is C22H27ClN2O4. The molecule has 0 aliphatic carbocycles. The minimum Gasteiger partial charge on any atom is -0.494 e. The van der Waals surface area contributed by atoms with E-state index in [1.165, 1.54) is 0 Å². The minimum atomic E-state index is -0.157. The highest BCUT2D eigenvalue weighted by Crippen LogP contribution is 2.28. The first-order valence-electron chi connectivity index (χ1n) is 9.68. The molecule has 0 radical (unpaired) electrons. The van der Waals surface area contributed by atoms with Crippen LogP contribution >= 0.6 is 11.6 Å². The summed E-state index contributed by atoms with van der Waals surface area (Å²) in [6.45, 7) is 7.54. The van der Waals surface area contributed by atoms with Crippen molar-refractivity contribution in [1.82, 2.24) is 4.90 Å². The van der Waals surface area contributed by atoms with Gasteiger partial charge in [0.2, 0.25) is 5.91 Å². The number of hydrogen-bond acceptors (Lipinski definition) is 4. The zero-order valence-electron chi connectivity index (χ0n) is 17.0. The first-order chi connectivity index (χ1) is 14.0. The van der Waals surface area contributed by atoms with Crippen LogP contribution < -0.4 is 14.8 Å². The van der Waals surface area contributed by atoms with Gasteiger partial charge in [-0.1, -0.05) is 23.7 Å². The van der Waals surface area contributed by atoms with Gasteiger partial charge in [-0.3, -0.25) is 9.59 Å². The van der Waals surface area contributed by atoms with Gasteiger partial charge in [-0.2, -0.15) is 0 Å². The number of nitrogens with zero attached hydrogens (tertiary/aromatic N) is 1. The molecule has 0 aromatic heterocycles. The van der Waals surface area contributed by atoms with Crippen LogP contribution in [0, 0.1) is 0 Å². The highest BCUT2D eigenvalue weighted by molar-refractivity contribution is 6.32. The van der Waals surface area contributed by atoms with Gasteiger partial charge in [0, 0.05) is 18.8 Å². The van der Waals surface area contributed by atoms with Crippen LogP contribution in [0.1, 0.15) is 26.3 Å². The number of amides is 2. The van der Waals surface area contributed by atoms with Crippen molar-refractivity contribution in [3.63, 3.8) is 0 Å². The van der Waals surface area contributed by atoms with Crippen LogP contribution in [0.2, 0.25) is 5.02 Å². The summed E-state index contributed by atoms with van der Waals surface area (Å²) in [5.74, 6) is 0.921. The molecule has 0 aliphatic heterocycles. The van der Waals surface area contributed by atoms with Gasteiger partial charge < -0.3 is 19.7 Å². The van der Waals surface area contributed by atoms with E-state index in [9.17, 15) is 9.59 Å². The minimum absolute atomic E-state index is 0.0785. The van der Waals surface area contributed by atoms with Crippen LogP contribution in [0.3, 0.4) is 0 Å². The summed E-state index contributed by atoms with van der Waals surface area (Å²) in [4.78, 5) is 26.0. The Bertz CT molecular complexity index is 820. The average molecular weight is 419 g/mol. The predicted octanol–water partition coefficient (Wildman–Crippen LogP) is 4.17. The van der Waals surface area contributed by atoms with Crippen molar-refractivity contribution >= 4 is 29.1 Å². The second-order valence-corrected chi connectivity index (χ2v) is 6.71. The zero-order chi connectivity index (χ0) is 21.2.